The summed E-state index contributed by atoms with van der Waals surface area (Å²) >= 11 is 0. The van der Waals surface area contributed by atoms with Gasteiger partial charge >= 0.3 is 0 Å². The Morgan fingerprint density at radius 1 is 1.04 bits per heavy atom. The smallest absolute Gasteiger partial charge is 0.246 e. The van der Waals surface area contributed by atoms with Gasteiger partial charge in [0.1, 0.15) is 11.9 Å². The summed E-state index contributed by atoms with van der Waals surface area (Å²) in [5.74, 6) is -0.686. The molecule has 1 aliphatic carbocycles. The Hall–Kier alpha value is -2.11. The lowest BCUT2D eigenvalue weighted by atomic mass is 10.1. The molecule has 1 heterocycles. The monoisotopic (exact) mass is 389 g/mol. The van der Waals surface area contributed by atoms with Crippen LogP contribution in [-0.2, 0) is 9.59 Å². The number of nitrogens with one attached hydrogen (secondary N) is 2. The molecule has 2 aliphatic rings. The lowest BCUT2D eigenvalue weighted by Gasteiger charge is -2.27. The summed E-state index contributed by atoms with van der Waals surface area (Å²) in [5.41, 5.74) is 1.02. The van der Waals surface area contributed by atoms with E-state index in [1.165, 1.54) is 25.3 Å². The molecule has 2 amide bonds. The molecular formula is C22H32FN3O2. The zero-order chi connectivity index (χ0) is 19.9. The minimum atomic E-state index is -0.648. The summed E-state index contributed by atoms with van der Waals surface area (Å²) in [7, 11) is 0. The predicted molar refractivity (Wildman–Crippen MR) is 110 cm³/mol. The molecule has 1 saturated carbocycles. The first-order valence-electron chi connectivity index (χ1n) is 10.7. The molecule has 0 unspecified atom stereocenters. The fraction of sp³-hybridized carbons (Fsp3) is 0.636. The topological polar surface area (TPSA) is 61.4 Å². The molecule has 28 heavy (non-hydrogen) atoms. The van der Waals surface area contributed by atoms with Gasteiger partial charge in [0.25, 0.3) is 0 Å². The Morgan fingerprint density at radius 3 is 2.32 bits per heavy atom. The first-order valence-corrected chi connectivity index (χ1v) is 10.7. The van der Waals surface area contributed by atoms with Crippen LogP contribution in [0.4, 0.5) is 15.8 Å². The second kappa shape index (κ2) is 9.89. The number of amides is 2. The van der Waals surface area contributed by atoms with E-state index in [-0.39, 0.29) is 23.5 Å². The van der Waals surface area contributed by atoms with Gasteiger partial charge in [-0.25, -0.2) is 4.39 Å². The standard InChI is InChI=1S/C22H32FN3O2/c1-16(24-22(28)17-9-5-6-10-17)21(27)25-18-11-12-20(19(23)15-18)26-13-7-3-2-4-8-14-26/h11-12,15-17H,2-10,13-14H2,1H3,(H,24,28)(H,25,27)/t16-/m1/s1. The number of rotatable bonds is 5. The van der Waals surface area contributed by atoms with Crippen molar-refractivity contribution in [1.29, 1.82) is 0 Å². The summed E-state index contributed by atoms with van der Waals surface area (Å²) in [6.45, 7) is 3.40. The van der Waals surface area contributed by atoms with E-state index in [2.05, 4.69) is 15.5 Å². The Morgan fingerprint density at radius 2 is 1.68 bits per heavy atom. The first-order chi connectivity index (χ1) is 13.5. The fourth-order valence-corrected chi connectivity index (χ4v) is 4.16. The molecule has 0 spiro atoms. The van der Waals surface area contributed by atoms with Crippen LogP contribution in [-0.4, -0.2) is 30.9 Å². The highest BCUT2D eigenvalue weighted by Gasteiger charge is 2.25. The average molecular weight is 390 g/mol. The highest BCUT2D eigenvalue weighted by molar-refractivity contribution is 5.97. The van der Waals surface area contributed by atoms with Crippen molar-refractivity contribution in [1.82, 2.24) is 5.32 Å². The molecule has 1 aliphatic heterocycles. The zero-order valence-electron chi connectivity index (χ0n) is 16.8. The summed E-state index contributed by atoms with van der Waals surface area (Å²) in [5, 5.41) is 5.50. The molecule has 2 fully saturated rings. The molecule has 1 aromatic rings. The first kappa shape index (κ1) is 20.6. The van der Waals surface area contributed by atoms with Crippen LogP contribution in [0.5, 0.6) is 0 Å². The molecule has 1 saturated heterocycles. The predicted octanol–water partition coefficient (Wildman–Crippen LogP) is 4.23. The number of hydrogen-bond acceptors (Lipinski definition) is 3. The number of halogens is 1. The van der Waals surface area contributed by atoms with Crippen LogP contribution in [0.3, 0.4) is 0 Å². The second-order valence-electron chi connectivity index (χ2n) is 8.12. The number of anilines is 2. The molecule has 0 aromatic heterocycles. The van der Waals surface area contributed by atoms with Gasteiger partial charge in [-0.15, -0.1) is 0 Å². The summed E-state index contributed by atoms with van der Waals surface area (Å²) in [6, 6.07) is 4.21. The van der Waals surface area contributed by atoms with Gasteiger partial charge in [0.05, 0.1) is 5.69 Å². The summed E-state index contributed by atoms with van der Waals surface area (Å²) in [4.78, 5) is 26.7. The quantitative estimate of drug-likeness (QED) is 0.792. The van der Waals surface area contributed by atoms with Crippen molar-refractivity contribution in [2.45, 2.75) is 70.8 Å². The van der Waals surface area contributed by atoms with E-state index in [1.54, 1.807) is 19.1 Å². The molecule has 3 rings (SSSR count). The number of carbonyl (C=O) groups is 2. The number of nitrogens with zero attached hydrogens (tertiary/aromatic N) is 1. The van der Waals surface area contributed by atoms with Crippen molar-refractivity contribution < 1.29 is 14.0 Å². The van der Waals surface area contributed by atoms with Gasteiger partial charge in [0.15, 0.2) is 0 Å². The average Bonchev–Trinajstić information content (AvgIpc) is 3.17. The third-order valence-corrected chi connectivity index (χ3v) is 5.89. The van der Waals surface area contributed by atoms with Gasteiger partial charge in [-0.05, 0) is 50.8 Å². The summed E-state index contributed by atoms with van der Waals surface area (Å²) in [6.07, 6.45) is 9.73. The van der Waals surface area contributed by atoms with Gasteiger partial charge in [0, 0.05) is 24.7 Å². The second-order valence-corrected chi connectivity index (χ2v) is 8.12. The third kappa shape index (κ3) is 5.46. The maximum absolute atomic E-state index is 14.7. The highest BCUT2D eigenvalue weighted by atomic mass is 19.1. The van der Waals surface area contributed by atoms with Gasteiger partial charge in [-0.2, -0.15) is 0 Å². The minimum Gasteiger partial charge on any atom is -0.369 e. The normalized spacial score (nSPS) is 19.6. The molecule has 0 radical (unpaired) electrons. The SMILES string of the molecule is C[C@@H](NC(=O)C1CCCC1)C(=O)Nc1ccc(N2CCCCCCC2)c(F)c1. The van der Waals surface area contributed by atoms with Crippen LogP contribution >= 0.6 is 0 Å². The lowest BCUT2D eigenvalue weighted by Crippen LogP contribution is -2.43. The van der Waals surface area contributed by atoms with E-state index in [0.29, 0.717) is 11.4 Å². The van der Waals surface area contributed by atoms with E-state index in [0.717, 1.165) is 51.6 Å². The van der Waals surface area contributed by atoms with E-state index in [1.807, 2.05) is 0 Å². The van der Waals surface area contributed by atoms with Gasteiger partial charge in [-0.1, -0.05) is 32.1 Å². The molecule has 6 heteroatoms. The number of benzene rings is 1. The van der Waals surface area contributed by atoms with Crippen molar-refractivity contribution in [3.05, 3.63) is 24.0 Å². The van der Waals surface area contributed by atoms with E-state index in [9.17, 15) is 14.0 Å². The van der Waals surface area contributed by atoms with Crippen LogP contribution in [0.2, 0.25) is 0 Å². The zero-order valence-corrected chi connectivity index (χ0v) is 16.8. The van der Waals surface area contributed by atoms with Crippen molar-refractivity contribution in [3.8, 4) is 0 Å². The van der Waals surface area contributed by atoms with Crippen LogP contribution in [0.15, 0.2) is 18.2 Å². The van der Waals surface area contributed by atoms with Crippen molar-refractivity contribution in [2.75, 3.05) is 23.3 Å². The van der Waals surface area contributed by atoms with E-state index >= 15 is 0 Å². The fourth-order valence-electron chi connectivity index (χ4n) is 4.16. The van der Waals surface area contributed by atoms with E-state index in [4.69, 9.17) is 0 Å². The van der Waals surface area contributed by atoms with Crippen LogP contribution in [0, 0.1) is 11.7 Å². The molecule has 5 nitrogen and oxygen atoms in total. The maximum atomic E-state index is 14.7. The van der Waals surface area contributed by atoms with Crippen molar-refractivity contribution in [2.24, 2.45) is 5.92 Å². The van der Waals surface area contributed by atoms with Gasteiger partial charge in [-0.3, -0.25) is 9.59 Å². The Kier molecular flexibility index (Phi) is 7.29. The van der Waals surface area contributed by atoms with Crippen LogP contribution in [0.1, 0.15) is 64.7 Å². The maximum Gasteiger partial charge on any atom is 0.246 e. The summed E-state index contributed by atoms with van der Waals surface area (Å²) < 4.78 is 14.7. The number of hydrogen-bond donors (Lipinski definition) is 2. The molecular weight excluding hydrogens is 357 g/mol. The molecule has 1 atom stereocenters. The molecule has 0 bridgehead atoms. The molecule has 2 N–H and O–H groups in total. The Balaban J connectivity index is 1.56. The van der Waals surface area contributed by atoms with Crippen LogP contribution < -0.4 is 15.5 Å². The highest BCUT2D eigenvalue weighted by Crippen LogP contribution is 2.26. The van der Waals surface area contributed by atoms with Gasteiger partial charge < -0.3 is 15.5 Å². The van der Waals surface area contributed by atoms with Crippen molar-refractivity contribution >= 4 is 23.2 Å². The number of carbonyl (C=O) groups excluding carboxylic acids is 2. The van der Waals surface area contributed by atoms with E-state index < -0.39 is 6.04 Å². The molecule has 154 valence electrons. The largest absolute Gasteiger partial charge is 0.369 e. The van der Waals surface area contributed by atoms with Crippen LogP contribution in [0.25, 0.3) is 0 Å². The van der Waals surface area contributed by atoms with Crippen molar-refractivity contribution in [3.63, 3.8) is 0 Å². The minimum absolute atomic E-state index is 0.0183. The Bertz CT molecular complexity index is 680. The lowest BCUT2D eigenvalue weighted by molar-refractivity contribution is -0.128. The molecule has 1 aromatic carbocycles. The third-order valence-electron chi connectivity index (χ3n) is 5.89. The van der Waals surface area contributed by atoms with Gasteiger partial charge in [0.2, 0.25) is 11.8 Å². The Labute approximate surface area is 167 Å².